The molecule has 0 aliphatic rings. The minimum Gasteiger partial charge on any atom is -0.344 e. The van der Waals surface area contributed by atoms with Gasteiger partial charge in [0.25, 0.3) is 0 Å². The van der Waals surface area contributed by atoms with Crippen molar-refractivity contribution in [3.63, 3.8) is 0 Å². The van der Waals surface area contributed by atoms with E-state index in [-0.39, 0.29) is 0 Å². The fourth-order valence-corrected chi connectivity index (χ4v) is 3.05. The third-order valence-corrected chi connectivity index (χ3v) is 4.33. The second-order valence-electron chi connectivity index (χ2n) is 5.95. The zero-order valence-electron chi connectivity index (χ0n) is 13.3. The van der Waals surface area contributed by atoms with Gasteiger partial charge in [0, 0.05) is 35.1 Å². The standard InChI is InChI=1S/C21H18N2/c1-15-7-10-17(11-8-15)22-14-16-9-12-21-19(13-16)18-5-3-4-6-20(18)23(21)2/h3-14H,1-2H3. The van der Waals surface area contributed by atoms with Gasteiger partial charge in [-0.2, -0.15) is 0 Å². The molecule has 4 aromatic rings. The molecule has 0 aliphatic heterocycles. The van der Waals surface area contributed by atoms with Crippen molar-refractivity contribution in [2.75, 3.05) is 0 Å². The predicted octanol–water partition coefficient (Wildman–Crippen LogP) is 5.39. The Hall–Kier alpha value is -2.87. The summed E-state index contributed by atoms with van der Waals surface area (Å²) in [5.41, 5.74) is 5.86. The molecule has 2 nitrogen and oxygen atoms in total. The maximum Gasteiger partial charge on any atom is 0.0630 e. The van der Waals surface area contributed by atoms with E-state index in [2.05, 4.69) is 78.1 Å². The fraction of sp³-hybridized carbons (Fsp3) is 0.0952. The summed E-state index contributed by atoms with van der Waals surface area (Å²) in [6.07, 6.45) is 1.94. The first kappa shape index (κ1) is 13.8. The molecular weight excluding hydrogens is 280 g/mol. The predicted molar refractivity (Wildman–Crippen MR) is 98.9 cm³/mol. The van der Waals surface area contributed by atoms with Crippen molar-refractivity contribution in [3.05, 3.63) is 77.9 Å². The highest BCUT2D eigenvalue weighted by molar-refractivity contribution is 6.09. The zero-order chi connectivity index (χ0) is 15.8. The first-order valence-corrected chi connectivity index (χ1v) is 7.80. The van der Waals surface area contributed by atoms with Crippen molar-refractivity contribution in [1.29, 1.82) is 0 Å². The summed E-state index contributed by atoms with van der Waals surface area (Å²) >= 11 is 0. The quantitative estimate of drug-likeness (QED) is 0.441. The molecule has 0 atom stereocenters. The van der Waals surface area contributed by atoms with Gasteiger partial charge in [0.2, 0.25) is 0 Å². The van der Waals surface area contributed by atoms with Gasteiger partial charge in [0.1, 0.15) is 0 Å². The molecular formula is C21H18N2. The van der Waals surface area contributed by atoms with Gasteiger partial charge in [0.15, 0.2) is 0 Å². The molecule has 2 heteroatoms. The lowest BCUT2D eigenvalue weighted by Crippen LogP contribution is -1.86. The van der Waals surface area contributed by atoms with E-state index in [1.807, 2.05) is 18.3 Å². The van der Waals surface area contributed by atoms with Crippen LogP contribution >= 0.6 is 0 Å². The largest absolute Gasteiger partial charge is 0.344 e. The van der Waals surface area contributed by atoms with Crippen LogP contribution in [-0.4, -0.2) is 10.8 Å². The van der Waals surface area contributed by atoms with Crippen molar-refractivity contribution in [2.45, 2.75) is 6.92 Å². The molecule has 4 rings (SSSR count). The van der Waals surface area contributed by atoms with E-state index in [1.54, 1.807) is 0 Å². The third-order valence-electron chi connectivity index (χ3n) is 4.33. The summed E-state index contributed by atoms with van der Waals surface area (Å²) in [7, 11) is 2.12. The van der Waals surface area contributed by atoms with E-state index < -0.39 is 0 Å². The molecule has 0 saturated carbocycles. The second-order valence-corrected chi connectivity index (χ2v) is 5.95. The monoisotopic (exact) mass is 298 g/mol. The molecule has 23 heavy (non-hydrogen) atoms. The Balaban J connectivity index is 1.79. The van der Waals surface area contributed by atoms with E-state index in [0.717, 1.165) is 11.3 Å². The highest BCUT2D eigenvalue weighted by Gasteiger charge is 2.07. The molecule has 0 aliphatic carbocycles. The highest BCUT2D eigenvalue weighted by atomic mass is 14.9. The van der Waals surface area contributed by atoms with Gasteiger partial charge in [-0.1, -0.05) is 42.0 Å². The summed E-state index contributed by atoms with van der Waals surface area (Å²) in [4.78, 5) is 4.58. The van der Waals surface area contributed by atoms with Gasteiger partial charge in [0.05, 0.1) is 5.69 Å². The Morgan fingerprint density at radius 2 is 1.57 bits per heavy atom. The van der Waals surface area contributed by atoms with Crippen molar-refractivity contribution >= 4 is 33.7 Å². The minimum absolute atomic E-state index is 0.980. The highest BCUT2D eigenvalue weighted by Crippen LogP contribution is 2.28. The Morgan fingerprint density at radius 3 is 2.39 bits per heavy atom. The number of hydrogen-bond donors (Lipinski definition) is 0. The first-order valence-electron chi connectivity index (χ1n) is 7.80. The Kier molecular flexibility index (Phi) is 3.23. The van der Waals surface area contributed by atoms with Gasteiger partial charge >= 0.3 is 0 Å². The van der Waals surface area contributed by atoms with Crippen LogP contribution in [0, 0.1) is 6.92 Å². The van der Waals surface area contributed by atoms with Crippen LogP contribution in [0.5, 0.6) is 0 Å². The molecule has 0 amide bonds. The van der Waals surface area contributed by atoms with Crippen LogP contribution in [0.4, 0.5) is 5.69 Å². The summed E-state index contributed by atoms with van der Waals surface area (Å²) in [6, 6.07) is 23.3. The average Bonchev–Trinajstić information content (AvgIpc) is 2.87. The second kappa shape index (κ2) is 5.40. The van der Waals surface area contributed by atoms with Crippen LogP contribution in [0.3, 0.4) is 0 Å². The molecule has 1 aromatic heterocycles. The first-order chi connectivity index (χ1) is 11.2. The van der Waals surface area contributed by atoms with Crippen LogP contribution in [0.2, 0.25) is 0 Å². The molecule has 3 aromatic carbocycles. The number of aliphatic imine (C=N–C) groups is 1. The maximum atomic E-state index is 4.58. The van der Waals surface area contributed by atoms with Crippen molar-refractivity contribution in [2.24, 2.45) is 12.0 Å². The molecule has 0 bridgehead atoms. The number of hydrogen-bond acceptors (Lipinski definition) is 1. The van der Waals surface area contributed by atoms with Crippen LogP contribution in [0.25, 0.3) is 21.8 Å². The molecule has 0 fully saturated rings. The lowest BCUT2D eigenvalue weighted by atomic mass is 10.1. The fourth-order valence-electron chi connectivity index (χ4n) is 3.05. The summed E-state index contributed by atoms with van der Waals surface area (Å²) in [5.74, 6) is 0. The smallest absolute Gasteiger partial charge is 0.0630 e. The van der Waals surface area contributed by atoms with E-state index in [0.29, 0.717) is 0 Å². The summed E-state index contributed by atoms with van der Waals surface area (Å²) in [6.45, 7) is 2.09. The van der Waals surface area contributed by atoms with Gasteiger partial charge in [-0.3, -0.25) is 4.99 Å². The van der Waals surface area contributed by atoms with Gasteiger partial charge < -0.3 is 4.57 Å². The normalized spacial score (nSPS) is 11.7. The molecule has 0 spiro atoms. The van der Waals surface area contributed by atoms with Gasteiger partial charge in [-0.15, -0.1) is 0 Å². The van der Waals surface area contributed by atoms with Crippen LogP contribution < -0.4 is 0 Å². The lowest BCUT2D eigenvalue weighted by Gasteiger charge is -1.99. The zero-order valence-corrected chi connectivity index (χ0v) is 13.3. The van der Waals surface area contributed by atoms with E-state index in [1.165, 1.54) is 27.4 Å². The minimum atomic E-state index is 0.980. The summed E-state index contributed by atoms with van der Waals surface area (Å²) < 4.78 is 2.24. The van der Waals surface area contributed by atoms with E-state index >= 15 is 0 Å². The number of para-hydroxylation sites is 1. The van der Waals surface area contributed by atoms with Crippen molar-refractivity contribution in [3.8, 4) is 0 Å². The van der Waals surface area contributed by atoms with E-state index in [4.69, 9.17) is 0 Å². The van der Waals surface area contributed by atoms with Gasteiger partial charge in [-0.25, -0.2) is 0 Å². The topological polar surface area (TPSA) is 17.3 Å². The van der Waals surface area contributed by atoms with Gasteiger partial charge in [-0.05, 0) is 42.8 Å². The molecule has 1 heterocycles. The SMILES string of the molecule is Cc1ccc(N=Cc2ccc3c(c2)c2ccccc2n3C)cc1. The lowest BCUT2D eigenvalue weighted by molar-refractivity contribution is 1.01. The molecule has 0 saturated heterocycles. The number of fused-ring (bicyclic) bond motifs is 3. The summed E-state index contributed by atoms with van der Waals surface area (Å²) in [5, 5.41) is 2.56. The maximum absolute atomic E-state index is 4.58. The Morgan fingerprint density at radius 1 is 0.826 bits per heavy atom. The Labute approximate surface area is 135 Å². The van der Waals surface area contributed by atoms with Crippen LogP contribution in [0.15, 0.2) is 71.7 Å². The Bertz CT molecular complexity index is 1020. The number of aryl methyl sites for hydroxylation is 2. The molecule has 0 N–H and O–H groups in total. The number of benzene rings is 3. The average molecular weight is 298 g/mol. The number of nitrogens with zero attached hydrogens (tertiary/aromatic N) is 2. The van der Waals surface area contributed by atoms with E-state index in [9.17, 15) is 0 Å². The van der Waals surface area contributed by atoms with Crippen molar-refractivity contribution in [1.82, 2.24) is 4.57 Å². The van der Waals surface area contributed by atoms with Crippen LogP contribution in [-0.2, 0) is 7.05 Å². The number of rotatable bonds is 2. The van der Waals surface area contributed by atoms with Crippen molar-refractivity contribution < 1.29 is 0 Å². The molecule has 0 unspecified atom stereocenters. The third kappa shape index (κ3) is 2.42. The molecule has 0 radical (unpaired) electrons. The molecule has 112 valence electrons. The number of aromatic nitrogens is 1. The van der Waals surface area contributed by atoms with Crippen LogP contribution in [0.1, 0.15) is 11.1 Å².